The summed E-state index contributed by atoms with van der Waals surface area (Å²) in [6, 6.07) is 9.82. The van der Waals surface area contributed by atoms with Crippen LogP contribution in [0.2, 0.25) is 0 Å². The zero-order chi connectivity index (χ0) is 16.5. The van der Waals surface area contributed by atoms with Gasteiger partial charge in [0.05, 0.1) is 0 Å². The van der Waals surface area contributed by atoms with E-state index >= 15 is 0 Å². The number of likely N-dealkylation sites (tertiary alicyclic amines) is 1. The van der Waals surface area contributed by atoms with Crippen molar-refractivity contribution < 1.29 is 9.59 Å². The Morgan fingerprint density at radius 3 is 2.70 bits per heavy atom. The van der Waals surface area contributed by atoms with Crippen LogP contribution in [-0.2, 0) is 4.79 Å². The molecular weight excluding hydrogens is 288 g/mol. The van der Waals surface area contributed by atoms with Crippen LogP contribution in [0.25, 0.3) is 0 Å². The van der Waals surface area contributed by atoms with Gasteiger partial charge in [0, 0.05) is 37.5 Å². The Labute approximate surface area is 139 Å². The fourth-order valence-electron chi connectivity index (χ4n) is 3.08. The summed E-state index contributed by atoms with van der Waals surface area (Å²) in [5.74, 6) is 0.00358. The SMILES string of the molecule is CC1CCCCN1CCCNC(=O)CCC(=O)c1ccccc1. The van der Waals surface area contributed by atoms with Crippen molar-refractivity contribution in [3.8, 4) is 0 Å². The van der Waals surface area contributed by atoms with Crippen molar-refractivity contribution in [2.45, 2.75) is 51.5 Å². The Hall–Kier alpha value is -1.68. The Bertz CT molecular complexity index is 501. The number of piperidine rings is 1. The molecule has 1 aromatic rings. The van der Waals surface area contributed by atoms with Gasteiger partial charge in [-0.2, -0.15) is 0 Å². The summed E-state index contributed by atoms with van der Waals surface area (Å²) in [6.45, 7) is 5.21. The molecule has 0 saturated carbocycles. The molecule has 1 atom stereocenters. The second kappa shape index (κ2) is 9.46. The Morgan fingerprint density at radius 1 is 1.17 bits per heavy atom. The molecular formula is C19H28N2O2. The van der Waals surface area contributed by atoms with E-state index in [1.807, 2.05) is 18.2 Å². The topological polar surface area (TPSA) is 49.4 Å². The predicted molar refractivity (Wildman–Crippen MR) is 92.5 cm³/mol. The molecule has 1 aliphatic heterocycles. The van der Waals surface area contributed by atoms with Crippen LogP contribution in [0.4, 0.5) is 0 Å². The van der Waals surface area contributed by atoms with E-state index in [-0.39, 0.29) is 24.5 Å². The van der Waals surface area contributed by atoms with Crippen molar-refractivity contribution in [2.75, 3.05) is 19.6 Å². The van der Waals surface area contributed by atoms with Gasteiger partial charge in [0.1, 0.15) is 0 Å². The maximum atomic E-state index is 11.9. The third-order valence-corrected chi connectivity index (χ3v) is 4.56. The van der Waals surface area contributed by atoms with Crippen molar-refractivity contribution >= 4 is 11.7 Å². The van der Waals surface area contributed by atoms with Crippen LogP contribution in [0, 0.1) is 0 Å². The van der Waals surface area contributed by atoms with Gasteiger partial charge in [-0.25, -0.2) is 0 Å². The van der Waals surface area contributed by atoms with Crippen molar-refractivity contribution in [3.63, 3.8) is 0 Å². The first-order valence-electron chi connectivity index (χ1n) is 8.76. The number of nitrogens with zero attached hydrogens (tertiary/aromatic N) is 1. The zero-order valence-electron chi connectivity index (χ0n) is 14.1. The molecule has 2 rings (SSSR count). The number of Topliss-reactive ketones (excluding diaryl/α,β-unsaturated/α-hetero) is 1. The van der Waals surface area contributed by atoms with Gasteiger partial charge >= 0.3 is 0 Å². The quantitative estimate of drug-likeness (QED) is 0.592. The van der Waals surface area contributed by atoms with Crippen LogP contribution in [0.1, 0.15) is 55.8 Å². The van der Waals surface area contributed by atoms with Gasteiger partial charge in [-0.3, -0.25) is 9.59 Å². The maximum Gasteiger partial charge on any atom is 0.220 e. The van der Waals surface area contributed by atoms with E-state index in [1.165, 1.54) is 25.8 Å². The minimum Gasteiger partial charge on any atom is -0.356 e. The molecule has 1 saturated heterocycles. The zero-order valence-corrected chi connectivity index (χ0v) is 14.1. The fourth-order valence-corrected chi connectivity index (χ4v) is 3.08. The summed E-state index contributed by atoms with van der Waals surface area (Å²) in [5, 5.41) is 2.93. The van der Waals surface area contributed by atoms with Gasteiger partial charge in [-0.15, -0.1) is 0 Å². The fraction of sp³-hybridized carbons (Fsp3) is 0.579. The molecule has 0 radical (unpaired) electrons. The molecule has 23 heavy (non-hydrogen) atoms. The maximum absolute atomic E-state index is 11.9. The van der Waals surface area contributed by atoms with Gasteiger partial charge in [-0.05, 0) is 32.7 Å². The van der Waals surface area contributed by atoms with Crippen molar-refractivity contribution in [3.05, 3.63) is 35.9 Å². The second-order valence-electron chi connectivity index (χ2n) is 6.37. The lowest BCUT2D eigenvalue weighted by molar-refractivity contribution is -0.121. The number of amides is 1. The molecule has 1 aliphatic rings. The highest BCUT2D eigenvalue weighted by molar-refractivity contribution is 5.97. The van der Waals surface area contributed by atoms with E-state index in [0.29, 0.717) is 18.2 Å². The lowest BCUT2D eigenvalue weighted by Crippen LogP contribution is -2.39. The lowest BCUT2D eigenvalue weighted by Gasteiger charge is -2.33. The Morgan fingerprint density at radius 2 is 1.96 bits per heavy atom. The number of carbonyl (C=O) groups is 2. The highest BCUT2D eigenvalue weighted by Gasteiger charge is 2.17. The molecule has 1 aromatic carbocycles. The highest BCUT2D eigenvalue weighted by atomic mass is 16.2. The summed E-state index contributed by atoms with van der Waals surface area (Å²) >= 11 is 0. The lowest BCUT2D eigenvalue weighted by atomic mass is 10.0. The van der Waals surface area contributed by atoms with Crippen LogP contribution in [-0.4, -0.2) is 42.3 Å². The molecule has 126 valence electrons. The average Bonchev–Trinajstić information content (AvgIpc) is 2.59. The van der Waals surface area contributed by atoms with E-state index in [9.17, 15) is 9.59 Å². The van der Waals surface area contributed by atoms with Gasteiger partial charge in [0.2, 0.25) is 5.91 Å². The van der Waals surface area contributed by atoms with E-state index in [4.69, 9.17) is 0 Å². The molecule has 0 bridgehead atoms. The van der Waals surface area contributed by atoms with E-state index < -0.39 is 0 Å². The molecule has 4 nitrogen and oxygen atoms in total. The molecule has 4 heteroatoms. The molecule has 0 aromatic heterocycles. The van der Waals surface area contributed by atoms with Crippen molar-refractivity contribution in [1.29, 1.82) is 0 Å². The first kappa shape index (κ1) is 17.7. The van der Waals surface area contributed by atoms with Crippen LogP contribution in [0.15, 0.2) is 30.3 Å². The van der Waals surface area contributed by atoms with E-state index in [2.05, 4.69) is 17.1 Å². The number of rotatable bonds is 8. The number of ketones is 1. The largest absolute Gasteiger partial charge is 0.356 e. The standard InChI is InChI=1S/C19H28N2O2/c1-16-8-5-6-14-21(16)15-7-13-20-19(23)12-11-18(22)17-9-3-2-4-10-17/h2-4,9-10,16H,5-8,11-15H2,1H3,(H,20,23). The normalized spacial score (nSPS) is 18.6. The Balaban J connectivity index is 1.57. The number of benzene rings is 1. The van der Waals surface area contributed by atoms with Crippen LogP contribution in [0.5, 0.6) is 0 Å². The third-order valence-electron chi connectivity index (χ3n) is 4.56. The molecule has 1 amide bonds. The predicted octanol–water partition coefficient (Wildman–Crippen LogP) is 3.03. The minimum atomic E-state index is -0.0269. The van der Waals surface area contributed by atoms with Crippen LogP contribution >= 0.6 is 0 Å². The highest BCUT2D eigenvalue weighted by Crippen LogP contribution is 2.16. The van der Waals surface area contributed by atoms with Crippen LogP contribution in [0.3, 0.4) is 0 Å². The second-order valence-corrected chi connectivity index (χ2v) is 6.37. The van der Waals surface area contributed by atoms with Gasteiger partial charge in [0.25, 0.3) is 0 Å². The van der Waals surface area contributed by atoms with Crippen LogP contribution < -0.4 is 5.32 Å². The van der Waals surface area contributed by atoms with Gasteiger partial charge < -0.3 is 10.2 Å². The Kier molecular flexibility index (Phi) is 7.27. The summed E-state index contributed by atoms with van der Waals surface area (Å²) in [6.07, 6.45) is 5.44. The molecule has 1 heterocycles. The smallest absolute Gasteiger partial charge is 0.220 e. The minimum absolute atomic E-state index is 0.0269. The molecule has 1 fully saturated rings. The first-order valence-corrected chi connectivity index (χ1v) is 8.76. The molecule has 0 aliphatic carbocycles. The molecule has 1 N–H and O–H groups in total. The summed E-state index contributed by atoms with van der Waals surface area (Å²) < 4.78 is 0. The van der Waals surface area contributed by atoms with Crippen molar-refractivity contribution in [1.82, 2.24) is 10.2 Å². The monoisotopic (exact) mass is 316 g/mol. The summed E-state index contributed by atoms with van der Waals surface area (Å²) in [5.41, 5.74) is 0.680. The van der Waals surface area contributed by atoms with Gasteiger partial charge in [-0.1, -0.05) is 36.8 Å². The number of hydrogen-bond donors (Lipinski definition) is 1. The molecule has 0 spiro atoms. The summed E-state index contributed by atoms with van der Waals surface area (Å²) in [4.78, 5) is 26.3. The van der Waals surface area contributed by atoms with Gasteiger partial charge in [0.15, 0.2) is 5.78 Å². The van der Waals surface area contributed by atoms with E-state index in [1.54, 1.807) is 12.1 Å². The number of carbonyl (C=O) groups excluding carboxylic acids is 2. The third kappa shape index (κ3) is 6.14. The number of nitrogens with one attached hydrogen (secondary N) is 1. The van der Waals surface area contributed by atoms with Crippen molar-refractivity contribution in [2.24, 2.45) is 0 Å². The average molecular weight is 316 g/mol. The molecule has 1 unspecified atom stereocenters. The summed E-state index contributed by atoms with van der Waals surface area (Å²) in [7, 11) is 0. The first-order chi connectivity index (χ1) is 11.2. The van der Waals surface area contributed by atoms with E-state index in [0.717, 1.165) is 13.0 Å². The number of hydrogen-bond acceptors (Lipinski definition) is 3.